The normalized spacial score (nSPS) is 16.7. The summed E-state index contributed by atoms with van der Waals surface area (Å²) < 4.78 is 6.01. The van der Waals surface area contributed by atoms with Crippen molar-refractivity contribution in [2.45, 2.75) is 52.2 Å². The summed E-state index contributed by atoms with van der Waals surface area (Å²) in [7, 11) is 0. The molecule has 0 aliphatic carbocycles. The van der Waals surface area contributed by atoms with Gasteiger partial charge in [-0.2, -0.15) is 0 Å². The molecule has 1 rings (SSSR count). The molecule has 3 heteroatoms. The summed E-state index contributed by atoms with van der Waals surface area (Å²) in [6.45, 7) is 10.5. The van der Waals surface area contributed by atoms with Gasteiger partial charge in [-0.3, -0.25) is 0 Å². The summed E-state index contributed by atoms with van der Waals surface area (Å²) in [5.41, 5.74) is -0.116. The molecule has 0 fully saturated rings. The van der Waals surface area contributed by atoms with Gasteiger partial charge in [0.05, 0.1) is 11.6 Å². The summed E-state index contributed by atoms with van der Waals surface area (Å²) in [5.74, 6) is 0. The molecule has 2 unspecified atom stereocenters. The van der Waals surface area contributed by atoms with Gasteiger partial charge in [0.1, 0.15) is 0 Å². The van der Waals surface area contributed by atoms with E-state index in [1.165, 1.54) is 4.88 Å². The van der Waals surface area contributed by atoms with E-state index in [-0.39, 0.29) is 5.60 Å². The number of nitrogens with one attached hydrogen (secondary N) is 1. The van der Waals surface area contributed by atoms with Crippen molar-refractivity contribution in [3.8, 4) is 0 Å². The highest BCUT2D eigenvalue weighted by molar-refractivity contribution is 7.10. The zero-order chi connectivity index (χ0) is 12.7. The van der Waals surface area contributed by atoms with Crippen molar-refractivity contribution >= 4 is 11.3 Å². The Balaban J connectivity index is 2.87. The third-order valence-electron chi connectivity index (χ3n) is 3.21. The van der Waals surface area contributed by atoms with Gasteiger partial charge in [0.15, 0.2) is 0 Å². The van der Waals surface area contributed by atoms with Crippen molar-refractivity contribution in [1.29, 1.82) is 0 Å². The van der Waals surface area contributed by atoms with E-state index in [2.05, 4.69) is 50.5 Å². The smallest absolute Gasteiger partial charge is 0.0853 e. The average Bonchev–Trinajstić information content (AvgIpc) is 2.83. The fourth-order valence-electron chi connectivity index (χ4n) is 2.08. The van der Waals surface area contributed by atoms with Crippen molar-refractivity contribution in [1.82, 2.24) is 5.32 Å². The van der Waals surface area contributed by atoms with Crippen molar-refractivity contribution in [2.75, 3.05) is 13.2 Å². The third-order valence-corrected chi connectivity index (χ3v) is 4.15. The molecule has 1 N–H and O–H groups in total. The second-order valence-corrected chi connectivity index (χ2v) is 5.48. The van der Waals surface area contributed by atoms with E-state index in [1.54, 1.807) is 0 Å². The first kappa shape index (κ1) is 14.7. The zero-order valence-corrected chi connectivity index (χ0v) is 12.3. The van der Waals surface area contributed by atoms with Gasteiger partial charge >= 0.3 is 0 Å². The maximum absolute atomic E-state index is 6.01. The molecule has 1 aromatic heterocycles. The van der Waals surface area contributed by atoms with E-state index in [9.17, 15) is 0 Å². The van der Waals surface area contributed by atoms with E-state index in [0.717, 1.165) is 26.0 Å². The zero-order valence-electron chi connectivity index (χ0n) is 11.5. The molecule has 0 aliphatic heterocycles. The Bertz CT molecular complexity index is 299. The van der Waals surface area contributed by atoms with Gasteiger partial charge in [0.2, 0.25) is 0 Å². The molecular weight excluding hydrogens is 230 g/mol. The lowest BCUT2D eigenvalue weighted by atomic mass is 9.91. The van der Waals surface area contributed by atoms with Gasteiger partial charge in [0, 0.05) is 11.5 Å². The lowest BCUT2D eigenvalue weighted by Crippen LogP contribution is -2.43. The number of hydrogen-bond acceptors (Lipinski definition) is 3. The van der Waals surface area contributed by atoms with E-state index in [1.807, 2.05) is 11.3 Å². The van der Waals surface area contributed by atoms with E-state index < -0.39 is 0 Å². The van der Waals surface area contributed by atoms with Crippen molar-refractivity contribution in [3.05, 3.63) is 22.4 Å². The highest BCUT2D eigenvalue weighted by Gasteiger charge is 2.34. The fraction of sp³-hybridized carbons (Fsp3) is 0.714. The predicted molar refractivity (Wildman–Crippen MR) is 75.7 cm³/mol. The molecular formula is C14H25NOS. The highest BCUT2D eigenvalue weighted by atomic mass is 32.1. The van der Waals surface area contributed by atoms with Crippen LogP contribution in [-0.4, -0.2) is 18.8 Å². The lowest BCUT2D eigenvalue weighted by molar-refractivity contribution is -0.0554. The van der Waals surface area contributed by atoms with E-state index in [0.29, 0.717) is 6.04 Å². The van der Waals surface area contributed by atoms with Crippen molar-refractivity contribution < 1.29 is 4.74 Å². The van der Waals surface area contributed by atoms with Crippen LogP contribution < -0.4 is 5.32 Å². The molecule has 0 saturated carbocycles. The minimum absolute atomic E-state index is 0.116. The molecule has 2 atom stereocenters. The summed E-state index contributed by atoms with van der Waals surface area (Å²) in [5, 5.41) is 5.77. The molecule has 0 radical (unpaired) electrons. The molecule has 0 amide bonds. The standard InChI is InChI=1S/C14H25NOS/c1-5-10-15-13(12-9-8-11-17-12)14(4,6-2)16-7-3/h8-9,11,13,15H,5-7,10H2,1-4H3. The van der Waals surface area contributed by atoms with Crippen LogP contribution in [0.4, 0.5) is 0 Å². The first-order valence-electron chi connectivity index (χ1n) is 6.58. The van der Waals surface area contributed by atoms with Crippen LogP contribution in [0.2, 0.25) is 0 Å². The monoisotopic (exact) mass is 255 g/mol. The Labute approximate surface area is 109 Å². The largest absolute Gasteiger partial charge is 0.374 e. The van der Waals surface area contributed by atoms with Crippen LogP contribution in [0.15, 0.2) is 17.5 Å². The predicted octanol–water partition coefficient (Wildman–Crippen LogP) is 3.99. The van der Waals surface area contributed by atoms with Crippen LogP contribution >= 0.6 is 11.3 Å². The van der Waals surface area contributed by atoms with Gasteiger partial charge in [-0.15, -0.1) is 11.3 Å². The van der Waals surface area contributed by atoms with E-state index in [4.69, 9.17) is 4.74 Å². The topological polar surface area (TPSA) is 21.3 Å². The van der Waals surface area contributed by atoms with Crippen molar-refractivity contribution in [2.24, 2.45) is 0 Å². The molecule has 0 aromatic carbocycles. The highest BCUT2D eigenvalue weighted by Crippen LogP contribution is 2.34. The van der Waals surface area contributed by atoms with Gasteiger partial charge in [-0.1, -0.05) is 19.9 Å². The Hall–Kier alpha value is -0.380. The second kappa shape index (κ2) is 7.14. The van der Waals surface area contributed by atoms with E-state index >= 15 is 0 Å². The van der Waals surface area contributed by atoms with Gasteiger partial charge in [-0.05, 0) is 44.7 Å². The van der Waals surface area contributed by atoms with Gasteiger partial charge in [0.25, 0.3) is 0 Å². The lowest BCUT2D eigenvalue weighted by Gasteiger charge is -2.37. The first-order valence-corrected chi connectivity index (χ1v) is 7.46. The van der Waals surface area contributed by atoms with Gasteiger partial charge in [-0.25, -0.2) is 0 Å². The van der Waals surface area contributed by atoms with Crippen LogP contribution in [0, 0.1) is 0 Å². The van der Waals surface area contributed by atoms with Crippen LogP contribution in [0.1, 0.15) is 51.5 Å². The quantitative estimate of drug-likeness (QED) is 0.758. The summed E-state index contributed by atoms with van der Waals surface area (Å²) in [6, 6.07) is 4.61. The SMILES string of the molecule is CCCNC(c1cccs1)C(C)(CC)OCC. The third kappa shape index (κ3) is 3.80. The maximum Gasteiger partial charge on any atom is 0.0853 e. The second-order valence-electron chi connectivity index (χ2n) is 4.50. The number of ether oxygens (including phenoxy) is 1. The molecule has 0 bridgehead atoms. The first-order chi connectivity index (χ1) is 8.18. The van der Waals surface area contributed by atoms with Crippen LogP contribution in [0.5, 0.6) is 0 Å². The average molecular weight is 255 g/mol. The molecule has 2 nitrogen and oxygen atoms in total. The van der Waals surface area contributed by atoms with Crippen LogP contribution in [0.25, 0.3) is 0 Å². The summed E-state index contributed by atoms with van der Waals surface area (Å²) >= 11 is 1.81. The number of thiophene rings is 1. The minimum atomic E-state index is -0.116. The molecule has 0 spiro atoms. The Kier molecular flexibility index (Phi) is 6.17. The fourth-order valence-corrected chi connectivity index (χ4v) is 3.02. The number of rotatable bonds is 8. The summed E-state index contributed by atoms with van der Waals surface area (Å²) in [6.07, 6.45) is 2.16. The number of hydrogen-bond donors (Lipinski definition) is 1. The maximum atomic E-state index is 6.01. The summed E-state index contributed by atoms with van der Waals surface area (Å²) in [4.78, 5) is 1.37. The molecule has 0 saturated heterocycles. The molecule has 98 valence electrons. The van der Waals surface area contributed by atoms with Crippen LogP contribution in [-0.2, 0) is 4.74 Å². The molecule has 1 aromatic rings. The van der Waals surface area contributed by atoms with Gasteiger partial charge < -0.3 is 10.1 Å². The minimum Gasteiger partial charge on any atom is -0.374 e. The van der Waals surface area contributed by atoms with Crippen LogP contribution in [0.3, 0.4) is 0 Å². The van der Waals surface area contributed by atoms with Crippen molar-refractivity contribution in [3.63, 3.8) is 0 Å². The Morgan fingerprint density at radius 2 is 2.18 bits per heavy atom. The molecule has 0 aliphatic rings. The molecule has 17 heavy (non-hydrogen) atoms. The Morgan fingerprint density at radius 3 is 2.65 bits per heavy atom. The molecule has 1 heterocycles. The Morgan fingerprint density at radius 1 is 1.41 bits per heavy atom.